The highest BCUT2D eigenvalue weighted by Crippen LogP contribution is 2.59. The standard InChI is InChI=1S/C25H26N4/c1-2-17-16-28-13-12-25(21-10-6-7-11-22(21)26)23(28)14-19(17)20-15-27-29(24(20)25)18-8-4-3-5-9-18/h2-11,15,19,23H,12-14,16,26H2,1H3/b17-2+/t19-,23+,25?/m1/s1. The van der Waals surface area contributed by atoms with Gasteiger partial charge in [0.15, 0.2) is 0 Å². The van der Waals surface area contributed by atoms with Crippen LogP contribution in [0.4, 0.5) is 5.69 Å². The minimum atomic E-state index is -0.108. The summed E-state index contributed by atoms with van der Waals surface area (Å²) in [6.07, 6.45) is 6.69. The summed E-state index contributed by atoms with van der Waals surface area (Å²) in [6.45, 7) is 4.35. The molecule has 0 saturated carbocycles. The van der Waals surface area contributed by atoms with E-state index in [2.05, 4.69) is 77.3 Å². The summed E-state index contributed by atoms with van der Waals surface area (Å²) in [7, 11) is 0. The minimum Gasteiger partial charge on any atom is -0.398 e. The van der Waals surface area contributed by atoms with E-state index in [1.165, 1.54) is 22.4 Å². The van der Waals surface area contributed by atoms with Gasteiger partial charge in [-0.05, 0) is 43.5 Å². The van der Waals surface area contributed by atoms with Gasteiger partial charge < -0.3 is 5.73 Å². The van der Waals surface area contributed by atoms with Crippen molar-refractivity contribution < 1.29 is 0 Å². The Kier molecular flexibility index (Phi) is 3.57. The van der Waals surface area contributed by atoms with Crippen LogP contribution in [0.25, 0.3) is 5.69 Å². The van der Waals surface area contributed by atoms with Gasteiger partial charge in [0.2, 0.25) is 0 Å². The maximum Gasteiger partial charge on any atom is 0.0649 e. The molecule has 2 fully saturated rings. The van der Waals surface area contributed by atoms with Crippen molar-refractivity contribution in [3.63, 3.8) is 0 Å². The Morgan fingerprint density at radius 3 is 2.69 bits per heavy atom. The summed E-state index contributed by atoms with van der Waals surface area (Å²) in [4.78, 5) is 2.68. The highest BCUT2D eigenvalue weighted by atomic mass is 15.3. The summed E-state index contributed by atoms with van der Waals surface area (Å²) < 4.78 is 2.20. The summed E-state index contributed by atoms with van der Waals surface area (Å²) in [6, 6.07) is 19.5. The highest BCUT2D eigenvalue weighted by molar-refractivity contribution is 5.61. The van der Waals surface area contributed by atoms with Crippen molar-refractivity contribution in [1.29, 1.82) is 0 Å². The highest BCUT2D eigenvalue weighted by Gasteiger charge is 2.59. The summed E-state index contributed by atoms with van der Waals surface area (Å²) in [5, 5.41) is 4.94. The molecule has 2 aliphatic heterocycles. The predicted molar refractivity (Wildman–Crippen MR) is 116 cm³/mol. The van der Waals surface area contributed by atoms with Crippen molar-refractivity contribution in [2.24, 2.45) is 0 Å². The average molecular weight is 383 g/mol. The molecule has 3 atom stereocenters. The van der Waals surface area contributed by atoms with E-state index in [9.17, 15) is 0 Å². The second-order valence-corrected chi connectivity index (χ2v) is 8.64. The molecule has 4 nitrogen and oxygen atoms in total. The summed E-state index contributed by atoms with van der Waals surface area (Å²) in [5.41, 5.74) is 14.1. The quantitative estimate of drug-likeness (QED) is 0.532. The maximum absolute atomic E-state index is 6.61. The molecule has 3 aliphatic rings. The summed E-state index contributed by atoms with van der Waals surface area (Å²) >= 11 is 0. The zero-order valence-corrected chi connectivity index (χ0v) is 16.8. The van der Waals surface area contributed by atoms with Gasteiger partial charge >= 0.3 is 0 Å². The van der Waals surface area contributed by atoms with Gasteiger partial charge in [-0.1, -0.05) is 48.0 Å². The molecule has 3 heterocycles. The first kappa shape index (κ1) is 17.0. The molecule has 2 bridgehead atoms. The van der Waals surface area contributed by atoms with Crippen molar-refractivity contribution >= 4 is 5.69 Å². The number of anilines is 1. The monoisotopic (exact) mass is 382 g/mol. The van der Waals surface area contributed by atoms with Crippen LogP contribution in [0.2, 0.25) is 0 Å². The molecule has 146 valence electrons. The van der Waals surface area contributed by atoms with Gasteiger partial charge in [-0.3, -0.25) is 4.90 Å². The maximum atomic E-state index is 6.61. The lowest BCUT2D eigenvalue weighted by Crippen LogP contribution is -2.52. The molecule has 1 aromatic heterocycles. The number of para-hydroxylation sites is 2. The van der Waals surface area contributed by atoms with Gasteiger partial charge in [-0.25, -0.2) is 4.68 Å². The van der Waals surface area contributed by atoms with Gasteiger partial charge in [0.25, 0.3) is 0 Å². The second kappa shape index (κ2) is 6.07. The van der Waals surface area contributed by atoms with Gasteiger partial charge in [0.1, 0.15) is 0 Å². The lowest BCUT2D eigenvalue weighted by atomic mass is 9.60. The van der Waals surface area contributed by atoms with E-state index in [1.54, 1.807) is 0 Å². The fraction of sp³-hybridized carbons (Fsp3) is 0.320. The normalized spacial score (nSPS) is 29.2. The largest absolute Gasteiger partial charge is 0.398 e. The van der Waals surface area contributed by atoms with Crippen LogP contribution in [0.3, 0.4) is 0 Å². The molecule has 0 radical (unpaired) electrons. The first-order valence-electron chi connectivity index (χ1n) is 10.6. The Balaban J connectivity index is 1.69. The molecule has 0 amide bonds. The number of nitrogens with zero attached hydrogens (tertiary/aromatic N) is 3. The van der Waals surface area contributed by atoms with Crippen molar-refractivity contribution in [1.82, 2.24) is 14.7 Å². The Bertz CT molecular complexity index is 1110. The molecule has 0 spiro atoms. The van der Waals surface area contributed by atoms with Crippen LogP contribution in [0.5, 0.6) is 0 Å². The molecule has 2 saturated heterocycles. The van der Waals surface area contributed by atoms with E-state index in [-0.39, 0.29) is 5.41 Å². The van der Waals surface area contributed by atoms with Gasteiger partial charge in [0.05, 0.1) is 23.0 Å². The van der Waals surface area contributed by atoms with Gasteiger partial charge in [0, 0.05) is 36.3 Å². The predicted octanol–water partition coefficient (Wildman–Crippen LogP) is 4.26. The van der Waals surface area contributed by atoms with Crippen LogP contribution in [-0.4, -0.2) is 33.8 Å². The van der Waals surface area contributed by atoms with E-state index in [0.717, 1.165) is 37.3 Å². The number of hydrogen-bond donors (Lipinski definition) is 1. The van der Waals surface area contributed by atoms with Crippen LogP contribution in [0.1, 0.15) is 42.5 Å². The number of rotatable bonds is 2. The molecule has 2 aromatic carbocycles. The number of hydrogen-bond acceptors (Lipinski definition) is 3. The molecule has 2 N–H and O–H groups in total. The van der Waals surface area contributed by atoms with Crippen LogP contribution in [-0.2, 0) is 5.41 Å². The second-order valence-electron chi connectivity index (χ2n) is 8.64. The molecule has 6 rings (SSSR count). The summed E-state index contributed by atoms with van der Waals surface area (Å²) in [5.74, 6) is 0.463. The smallest absolute Gasteiger partial charge is 0.0649 e. The Morgan fingerprint density at radius 1 is 1.10 bits per heavy atom. The number of benzene rings is 2. The third kappa shape index (κ3) is 2.15. The van der Waals surface area contributed by atoms with Crippen LogP contribution < -0.4 is 5.73 Å². The molecular formula is C25H26N4. The Labute approximate surface area is 171 Å². The van der Waals surface area contributed by atoms with Crippen molar-refractivity contribution in [2.75, 3.05) is 18.8 Å². The van der Waals surface area contributed by atoms with Crippen molar-refractivity contribution in [3.05, 3.63) is 89.3 Å². The molecule has 4 heteroatoms. The van der Waals surface area contributed by atoms with Crippen LogP contribution >= 0.6 is 0 Å². The number of nitrogen functional groups attached to an aromatic ring is 1. The molecule has 1 aliphatic carbocycles. The molecular weight excluding hydrogens is 356 g/mol. The SMILES string of the molecule is C/C=C1\CN2CCC3(c4ccccc4N)c4c(cnn4-c4ccccc4)[C@@H]1C[C@H]23. The van der Waals surface area contributed by atoms with Crippen molar-refractivity contribution in [3.8, 4) is 5.69 Å². The van der Waals surface area contributed by atoms with Crippen LogP contribution in [0.15, 0.2) is 72.4 Å². The van der Waals surface area contributed by atoms with Crippen molar-refractivity contribution in [2.45, 2.75) is 37.1 Å². The first-order chi connectivity index (χ1) is 14.2. The fourth-order valence-electron chi connectivity index (χ4n) is 6.28. The fourth-order valence-corrected chi connectivity index (χ4v) is 6.28. The minimum absolute atomic E-state index is 0.108. The third-order valence-corrected chi connectivity index (χ3v) is 7.50. The molecule has 1 unspecified atom stereocenters. The lowest BCUT2D eigenvalue weighted by molar-refractivity contribution is 0.171. The number of fused-ring (bicyclic) bond motifs is 4. The zero-order valence-electron chi connectivity index (χ0n) is 16.8. The Morgan fingerprint density at radius 2 is 1.90 bits per heavy atom. The first-order valence-corrected chi connectivity index (χ1v) is 10.6. The Hall–Kier alpha value is -2.85. The van der Waals surface area contributed by atoms with E-state index >= 15 is 0 Å². The van der Waals surface area contributed by atoms with E-state index in [0.29, 0.717) is 12.0 Å². The number of nitrogens with two attached hydrogens (primary N) is 1. The topological polar surface area (TPSA) is 47.1 Å². The van der Waals surface area contributed by atoms with Gasteiger partial charge in [-0.2, -0.15) is 5.10 Å². The average Bonchev–Trinajstić information content (AvgIpc) is 3.37. The number of allylic oxidation sites excluding steroid dienone is 1. The van der Waals surface area contributed by atoms with Gasteiger partial charge in [-0.15, -0.1) is 0 Å². The molecule has 3 aromatic rings. The van der Waals surface area contributed by atoms with E-state index in [1.807, 2.05) is 6.07 Å². The van der Waals surface area contributed by atoms with E-state index in [4.69, 9.17) is 10.8 Å². The zero-order chi connectivity index (χ0) is 19.6. The van der Waals surface area contributed by atoms with Crippen LogP contribution in [0, 0.1) is 0 Å². The number of piperidine rings is 1. The van der Waals surface area contributed by atoms with E-state index < -0.39 is 0 Å². The third-order valence-electron chi connectivity index (χ3n) is 7.50. The lowest BCUT2D eigenvalue weighted by Gasteiger charge is -2.49. The molecule has 29 heavy (non-hydrogen) atoms. The number of aromatic nitrogens is 2.